The van der Waals surface area contributed by atoms with Gasteiger partial charge in [0.1, 0.15) is 5.75 Å². The van der Waals surface area contributed by atoms with Gasteiger partial charge < -0.3 is 4.74 Å². The molecule has 1 unspecified atom stereocenters. The maximum atomic E-state index is 12.6. The van der Waals surface area contributed by atoms with Crippen molar-refractivity contribution in [3.63, 3.8) is 0 Å². The molecule has 0 bridgehead atoms. The largest absolute Gasteiger partial charge is 0.494 e. The van der Waals surface area contributed by atoms with Crippen molar-refractivity contribution in [3.8, 4) is 5.75 Å². The average Bonchev–Trinajstić information content (AvgIpc) is 3.25. The quantitative estimate of drug-likeness (QED) is 0.556. The molecule has 2 aliphatic rings. The summed E-state index contributed by atoms with van der Waals surface area (Å²) in [7, 11) is 0. The van der Waals surface area contributed by atoms with Crippen LogP contribution in [0.3, 0.4) is 0 Å². The van der Waals surface area contributed by atoms with Crippen molar-refractivity contribution in [2.24, 2.45) is 0 Å². The Morgan fingerprint density at radius 2 is 1.83 bits per heavy atom. The first kappa shape index (κ1) is 19.8. The average molecular weight is 399 g/mol. The van der Waals surface area contributed by atoms with Crippen molar-refractivity contribution in [1.29, 1.82) is 0 Å². The van der Waals surface area contributed by atoms with Gasteiger partial charge in [-0.05, 0) is 60.2 Å². The molecule has 0 N–H and O–H groups in total. The highest BCUT2D eigenvalue weighted by Crippen LogP contribution is 2.38. The number of hydrogen-bond acceptors (Lipinski definition) is 2. The van der Waals surface area contributed by atoms with E-state index in [0.717, 1.165) is 44.5 Å². The molecule has 0 saturated heterocycles. The van der Waals surface area contributed by atoms with Crippen LogP contribution in [-0.4, -0.2) is 24.6 Å². The van der Waals surface area contributed by atoms with Crippen molar-refractivity contribution in [2.45, 2.75) is 31.5 Å². The minimum atomic E-state index is -4.32. The van der Waals surface area contributed by atoms with Gasteiger partial charge >= 0.3 is 6.18 Å². The maximum Gasteiger partial charge on any atom is 0.416 e. The van der Waals surface area contributed by atoms with E-state index >= 15 is 0 Å². The number of hydrogen-bond donors (Lipinski definition) is 0. The van der Waals surface area contributed by atoms with E-state index < -0.39 is 11.7 Å². The second-order valence-electron chi connectivity index (χ2n) is 7.49. The third-order valence-electron chi connectivity index (χ3n) is 5.57. The van der Waals surface area contributed by atoms with Crippen LogP contribution in [0.5, 0.6) is 5.75 Å². The van der Waals surface area contributed by atoms with Gasteiger partial charge in [0, 0.05) is 13.1 Å². The maximum absolute atomic E-state index is 12.6. The first-order valence-electron chi connectivity index (χ1n) is 10.00. The van der Waals surface area contributed by atoms with E-state index in [1.54, 1.807) is 0 Å². The molecule has 2 aromatic rings. The molecule has 1 aliphatic carbocycles. The number of fused-ring (bicyclic) bond motifs is 1. The molecule has 2 aromatic carbocycles. The van der Waals surface area contributed by atoms with E-state index in [4.69, 9.17) is 4.74 Å². The number of rotatable bonds is 6. The SMILES string of the molecule is FC(F)(F)c1ccc(OCCCN2CCc3ccccc3C2C2=CC=CC2)cc1. The van der Waals surface area contributed by atoms with E-state index in [1.165, 1.54) is 28.8 Å². The highest BCUT2D eigenvalue weighted by Gasteiger charge is 2.31. The van der Waals surface area contributed by atoms with Gasteiger partial charge in [-0.2, -0.15) is 13.2 Å². The third kappa shape index (κ3) is 4.56. The summed E-state index contributed by atoms with van der Waals surface area (Å²) in [5, 5.41) is 0. The van der Waals surface area contributed by atoms with Crippen molar-refractivity contribution in [2.75, 3.05) is 19.7 Å². The zero-order chi connectivity index (χ0) is 20.3. The molecule has 1 atom stereocenters. The van der Waals surface area contributed by atoms with Crippen molar-refractivity contribution in [1.82, 2.24) is 4.90 Å². The zero-order valence-corrected chi connectivity index (χ0v) is 16.2. The van der Waals surface area contributed by atoms with Gasteiger partial charge in [0.25, 0.3) is 0 Å². The molecule has 4 rings (SSSR count). The summed E-state index contributed by atoms with van der Waals surface area (Å²) in [6, 6.07) is 13.8. The number of ether oxygens (including phenoxy) is 1. The van der Waals surface area contributed by atoms with Crippen LogP contribution in [-0.2, 0) is 12.6 Å². The summed E-state index contributed by atoms with van der Waals surface area (Å²) in [6.45, 7) is 2.36. The fourth-order valence-corrected chi connectivity index (χ4v) is 4.16. The highest BCUT2D eigenvalue weighted by molar-refractivity contribution is 5.41. The van der Waals surface area contributed by atoms with Gasteiger partial charge in [-0.1, -0.05) is 42.5 Å². The van der Waals surface area contributed by atoms with Crippen LogP contribution in [0.4, 0.5) is 13.2 Å². The van der Waals surface area contributed by atoms with E-state index in [2.05, 4.69) is 47.4 Å². The van der Waals surface area contributed by atoms with E-state index in [0.29, 0.717) is 18.4 Å². The predicted octanol–water partition coefficient (Wildman–Crippen LogP) is 5.96. The van der Waals surface area contributed by atoms with E-state index in [1.807, 2.05) is 0 Å². The number of alkyl halides is 3. The standard InChI is InChI=1S/C24H24F3NO/c25-24(26,27)20-10-12-21(13-11-20)29-17-5-15-28-16-14-18-6-3-4-9-22(18)23(28)19-7-1-2-8-19/h1-4,6-7,9-13,23H,5,8,14-17H2. The van der Waals surface area contributed by atoms with Crippen LogP contribution >= 0.6 is 0 Å². The molecule has 152 valence electrons. The topological polar surface area (TPSA) is 12.5 Å². The predicted molar refractivity (Wildman–Crippen MR) is 108 cm³/mol. The minimum absolute atomic E-state index is 0.293. The molecule has 0 saturated carbocycles. The van der Waals surface area contributed by atoms with Gasteiger partial charge in [0.15, 0.2) is 0 Å². The molecule has 29 heavy (non-hydrogen) atoms. The first-order valence-corrected chi connectivity index (χ1v) is 10.00. The molecule has 0 spiro atoms. The van der Waals surface area contributed by atoms with E-state index in [-0.39, 0.29) is 0 Å². The lowest BCUT2D eigenvalue weighted by Crippen LogP contribution is -2.37. The second-order valence-corrected chi connectivity index (χ2v) is 7.49. The fraction of sp³-hybridized carbons (Fsp3) is 0.333. The Labute approximate surface area is 169 Å². The van der Waals surface area contributed by atoms with Gasteiger partial charge in [-0.3, -0.25) is 4.90 Å². The molecule has 0 amide bonds. The van der Waals surface area contributed by atoms with Crippen LogP contribution < -0.4 is 4.74 Å². The lowest BCUT2D eigenvalue weighted by atomic mass is 9.87. The van der Waals surface area contributed by atoms with Gasteiger partial charge in [-0.25, -0.2) is 0 Å². The Hall–Kier alpha value is -2.53. The summed E-state index contributed by atoms with van der Waals surface area (Å²) >= 11 is 0. The number of halogens is 3. The van der Waals surface area contributed by atoms with Crippen molar-refractivity contribution < 1.29 is 17.9 Å². The van der Waals surface area contributed by atoms with Gasteiger partial charge in [0.2, 0.25) is 0 Å². The van der Waals surface area contributed by atoms with Crippen molar-refractivity contribution in [3.05, 3.63) is 89.0 Å². The number of allylic oxidation sites excluding steroid dienone is 3. The Bertz CT molecular complexity index is 899. The monoisotopic (exact) mass is 399 g/mol. The lowest BCUT2D eigenvalue weighted by Gasteiger charge is -2.38. The molecular formula is C24H24F3NO. The number of nitrogens with zero attached hydrogens (tertiary/aromatic N) is 1. The lowest BCUT2D eigenvalue weighted by molar-refractivity contribution is -0.137. The third-order valence-corrected chi connectivity index (χ3v) is 5.57. The summed E-state index contributed by atoms with van der Waals surface area (Å²) in [6.07, 6.45) is 5.06. The zero-order valence-electron chi connectivity index (χ0n) is 16.2. The van der Waals surface area contributed by atoms with Crippen LogP contribution in [0.1, 0.15) is 35.6 Å². The molecule has 5 heteroatoms. The second kappa shape index (κ2) is 8.46. The normalized spacial score (nSPS) is 19.1. The molecule has 0 aromatic heterocycles. The number of benzene rings is 2. The van der Waals surface area contributed by atoms with Crippen LogP contribution in [0.25, 0.3) is 0 Å². The molecular weight excluding hydrogens is 375 g/mol. The Balaban J connectivity index is 1.35. The summed E-state index contributed by atoms with van der Waals surface area (Å²) in [4.78, 5) is 2.50. The minimum Gasteiger partial charge on any atom is -0.494 e. The Morgan fingerprint density at radius 1 is 1.03 bits per heavy atom. The first-order chi connectivity index (χ1) is 14.0. The van der Waals surface area contributed by atoms with Crippen LogP contribution in [0.15, 0.2) is 72.3 Å². The molecule has 1 aliphatic heterocycles. The summed E-state index contributed by atoms with van der Waals surface area (Å²) in [5.41, 5.74) is 3.57. The van der Waals surface area contributed by atoms with Gasteiger partial charge in [0.05, 0.1) is 18.2 Å². The molecule has 1 heterocycles. The Morgan fingerprint density at radius 3 is 2.55 bits per heavy atom. The molecule has 0 radical (unpaired) electrons. The van der Waals surface area contributed by atoms with Crippen LogP contribution in [0, 0.1) is 0 Å². The van der Waals surface area contributed by atoms with Gasteiger partial charge in [-0.15, -0.1) is 0 Å². The summed E-state index contributed by atoms with van der Waals surface area (Å²) < 4.78 is 43.6. The van der Waals surface area contributed by atoms with Crippen molar-refractivity contribution >= 4 is 0 Å². The fourth-order valence-electron chi connectivity index (χ4n) is 4.16. The molecule has 2 nitrogen and oxygen atoms in total. The Kier molecular flexibility index (Phi) is 5.76. The molecule has 0 fully saturated rings. The summed E-state index contributed by atoms with van der Waals surface area (Å²) in [5.74, 6) is 0.473. The smallest absolute Gasteiger partial charge is 0.416 e. The van der Waals surface area contributed by atoms with E-state index in [9.17, 15) is 13.2 Å². The van der Waals surface area contributed by atoms with Crippen LogP contribution in [0.2, 0.25) is 0 Å². The highest BCUT2D eigenvalue weighted by atomic mass is 19.4.